The predicted octanol–water partition coefficient (Wildman–Crippen LogP) is 4.42. The molecule has 1 aromatic carbocycles. The van der Waals surface area contributed by atoms with Crippen LogP contribution in [0.4, 0.5) is 0 Å². The molecule has 0 fully saturated rings. The van der Waals surface area contributed by atoms with Crippen LogP contribution in [0, 0.1) is 6.92 Å². The van der Waals surface area contributed by atoms with Gasteiger partial charge in [-0.2, -0.15) is 0 Å². The van der Waals surface area contributed by atoms with Crippen LogP contribution < -0.4 is 5.32 Å². The van der Waals surface area contributed by atoms with Crippen molar-refractivity contribution < 1.29 is 0 Å². The van der Waals surface area contributed by atoms with Crippen molar-refractivity contribution in [3.63, 3.8) is 0 Å². The molecule has 1 heterocycles. The summed E-state index contributed by atoms with van der Waals surface area (Å²) in [7, 11) is 0. The van der Waals surface area contributed by atoms with Gasteiger partial charge in [-0.05, 0) is 50.3 Å². The van der Waals surface area contributed by atoms with Gasteiger partial charge in [0.2, 0.25) is 0 Å². The first kappa shape index (κ1) is 14.7. The molecule has 1 aliphatic carbocycles. The number of nitrogens with one attached hydrogen (secondary N) is 1. The van der Waals surface area contributed by atoms with Crippen molar-refractivity contribution in [1.29, 1.82) is 0 Å². The molecule has 0 radical (unpaired) electrons. The number of aryl methyl sites for hydroxylation is 2. The molecule has 1 unspecified atom stereocenters. The van der Waals surface area contributed by atoms with E-state index >= 15 is 0 Å². The van der Waals surface area contributed by atoms with Crippen LogP contribution in [-0.4, -0.2) is 11.5 Å². The Morgan fingerprint density at radius 1 is 1.29 bits per heavy atom. The first-order chi connectivity index (χ1) is 10.3. The van der Waals surface area contributed by atoms with Gasteiger partial charge >= 0.3 is 0 Å². The molecule has 3 heteroatoms. The monoisotopic (exact) mass is 300 g/mol. The maximum Gasteiger partial charge on any atom is 0.118 e. The fourth-order valence-electron chi connectivity index (χ4n) is 3.36. The van der Waals surface area contributed by atoms with Gasteiger partial charge in [0.05, 0.1) is 5.54 Å². The molecule has 1 N–H and O–H groups in total. The molecule has 0 saturated carbocycles. The maximum atomic E-state index is 4.86. The Balaban J connectivity index is 2.14. The SMILES string of the molecule is CCCNC1(c2nc(C)cs2)CCCCc2ccccc21. The Bertz CT molecular complexity index is 605. The van der Waals surface area contributed by atoms with Crippen LogP contribution in [0.1, 0.15) is 54.4 Å². The molecule has 0 spiro atoms. The topological polar surface area (TPSA) is 24.9 Å². The molecule has 2 nitrogen and oxygen atoms in total. The fourth-order valence-corrected chi connectivity index (χ4v) is 4.38. The number of hydrogen-bond donors (Lipinski definition) is 1. The largest absolute Gasteiger partial charge is 0.302 e. The summed E-state index contributed by atoms with van der Waals surface area (Å²) in [5.74, 6) is 0. The van der Waals surface area contributed by atoms with E-state index in [9.17, 15) is 0 Å². The molecule has 2 aromatic rings. The number of nitrogens with zero attached hydrogens (tertiary/aromatic N) is 1. The van der Waals surface area contributed by atoms with E-state index < -0.39 is 0 Å². The van der Waals surface area contributed by atoms with Crippen molar-refractivity contribution in [2.24, 2.45) is 0 Å². The minimum atomic E-state index is -0.0813. The summed E-state index contributed by atoms with van der Waals surface area (Å²) in [5, 5.41) is 7.28. The molecular weight excluding hydrogens is 276 g/mol. The van der Waals surface area contributed by atoms with Crippen molar-refractivity contribution in [3.8, 4) is 0 Å². The highest BCUT2D eigenvalue weighted by atomic mass is 32.1. The Morgan fingerprint density at radius 2 is 2.14 bits per heavy atom. The van der Waals surface area contributed by atoms with Crippen LogP contribution in [-0.2, 0) is 12.0 Å². The lowest BCUT2D eigenvalue weighted by atomic mass is 9.84. The van der Waals surface area contributed by atoms with Gasteiger partial charge in [-0.25, -0.2) is 4.98 Å². The molecule has 1 aliphatic rings. The summed E-state index contributed by atoms with van der Waals surface area (Å²) in [6.45, 7) is 5.36. The third-order valence-corrected chi connectivity index (χ3v) is 5.51. The molecule has 0 saturated heterocycles. The van der Waals surface area contributed by atoms with Gasteiger partial charge in [0.25, 0.3) is 0 Å². The van der Waals surface area contributed by atoms with E-state index in [4.69, 9.17) is 4.98 Å². The van der Waals surface area contributed by atoms with Crippen LogP contribution >= 0.6 is 11.3 Å². The van der Waals surface area contributed by atoms with E-state index in [1.807, 2.05) is 0 Å². The van der Waals surface area contributed by atoms with Gasteiger partial charge < -0.3 is 5.32 Å². The van der Waals surface area contributed by atoms with Crippen LogP contribution in [0.2, 0.25) is 0 Å². The number of aromatic nitrogens is 1. The lowest BCUT2D eigenvalue weighted by Crippen LogP contribution is -2.44. The predicted molar refractivity (Wildman–Crippen MR) is 89.9 cm³/mol. The molecule has 0 amide bonds. The molecule has 3 rings (SSSR count). The summed E-state index contributed by atoms with van der Waals surface area (Å²) >= 11 is 1.80. The standard InChI is InChI=1S/C18H24N2S/c1-3-12-19-18(17-20-14(2)13-21-17)11-7-6-9-15-8-4-5-10-16(15)18/h4-5,8,10,13,19H,3,6-7,9,11-12H2,1-2H3. The van der Waals surface area contributed by atoms with E-state index in [0.717, 1.165) is 25.1 Å². The third kappa shape index (κ3) is 2.77. The molecule has 1 aromatic heterocycles. The Kier molecular flexibility index (Phi) is 4.41. The van der Waals surface area contributed by atoms with E-state index in [1.54, 1.807) is 11.3 Å². The molecule has 112 valence electrons. The minimum Gasteiger partial charge on any atom is -0.302 e. The number of benzene rings is 1. The normalized spacial score (nSPS) is 21.8. The summed E-state index contributed by atoms with van der Waals surface area (Å²) in [4.78, 5) is 4.86. The average Bonchev–Trinajstić information content (AvgIpc) is 2.85. The van der Waals surface area contributed by atoms with Crippen LogP contribution in [0.15, 0.2) is 29.6 Å². The van der Waals surface area contributed by atoms with E-state index in [0.29, 0.717) is 0 Å². The van der Waals surface area contributed by atoms with Crippen LogP contribution in [0.25, 0.3) is 0 Å². The van der Waals surface area contributed by atoms with Gasteiger partial charge in [0, 0.05) is 11.1 Å². The minimum absolute atomic E-state index is 0.0813. The second kappa shape index (κ2) is 6.29. The van der Waals surface area contributed by atoms with Crippen LogP contribution in [0.5, 0.6) is 0 Å². The Hall–Kier alpha value is -1.19. The fraction of sp³-hybridized carbons (Fsp3) is 0.500. The van der Waals surface area contributed by atoms with E-state index in [1.165, 1.54) is 35.4 Å². The highest BCUT2D eigenvalue weighted by Gasteiger charge is 2.38. The molecule has 0 aliphatic heterocycles. The van der Waals surface area contributed by atoms with Gasteiger partial charge in [-0.15, -0.1) is 11.3 Å². The number of rotatable bonds is 4. The van der Waals surface area contributed by atoms with Crippen molar-refractivity contribution in [1.82, 2.24) is 10.3 Å². The van der Waals surface area contributed by atoms with Crippen molar-refractivity contribution in [2.45, 2.75) is 51.5 Å². The van der Waals surface area contributed by atoms with Gasteiger partial charge in [0.1, 0.15) is 5.01 Å². The summed E-state index contributed by atoms with van der Waals surface area (Å²) in [6, 6.07) is 8.94. The molecular formula is C18H24N2S. The summed E-state index contributed by atoms with van der Waals surface area (Å²) < 4.78 is 0. The van der Waals surface area contributed by atoms with Crippen LogP contribution in [0.3, 0.4) is 0 Å². The first-order valence-corrected chi connectivity index (χ1v) is 8.90. The zero-order valence-corrected chi connectivity index (χ0v) is 13.8. The van der Waals surface area contributed by atoms with Gasteiger partial charge in [-0.1, -0.05) is 37.6 Å². The van der Waals surface area contributed by atoms with Crippen molar-refractivity contribution in [2.75, 3.05) is 6.54 Å². The molecule has 1 atom stereocenters. The Morgan fingerprint density at radius 3 is 2.90 bits per heavy atom. The number of fused-ring (bicyclic) bond motifs is 1. The Labute approximate surface area is 131 Å². The summed E-state index contributed by atoms with van der Waals surface area (Å²) in [6.07, 6.45) is 6.02. The zero-order chi connectivity index (χ0) is 14.7. The first-order valence-electron chi connectivity index (χ1n) is 8.02. The highest BCUT2D eigenvalue weighted by molar-refractivity contribution is 7.09. The van der Waals surface area contributed by atoms with Crippen molar-refractivity contribution in [3.05, 3.63) is 51.5 Å². The number of thiazole rings is 1. The average molecular weight is 300 g/mol. The third-order valence-electron chi connectivity index (χ3n) is 4.39. The smallest absolute Gasteiger partial charge is 0.118 e. The lowest BCUT2D eigenvalue weighted by molar-refractivity contribution is 0.366. The quantitative estimate of drug-likeness (QED) is 0.845. The van der Waals surface area contributed by atoms with E-state index in [-0.39, 0.29) is 5.54 Å². The molecule has 0 bridgehead atoms. The number of hydrogen-bond acceptors (Lipinski definition) is 3. The highest BCUT2D eigenvalue weighted by Crippen LogP contribution is 2.40. The van der Waals surface area contributed by atoms with Crippen molar-refractivity contribution >= 4 is 11.3 Å². The lowest BCUT2D eigenvalue weighted by Gasteiger charge is -2.34. The van der Waals surface area contributed by atoms with Gasteiger partial charge in [-0.3, -0.25) is 0 Å². The zero-order valence-electron chi connectivity index (χ0n) is 13.0. The molecule has 21 heavy (non-hydrogen) atoms. The van der Waals surface area contributed by atoms with Gasteiger partial charge in [0.15, 0.2) is 0 Å². The second-order valence-electron chi connectivity index (χ2n) is 5.99. The second-order valence-corrected chi connectivity index (χ2v) is 6.85. The summed E-state index contributed by atoms with van der Waals surface area (Å²) in [5.41, 5.74) is 3.99. The maximum absolute atomic E-state index is 4.86. The van der Waals surface area contributed by atoms with E-state index in [2.05, 4.69) is 48.8 Å².